The van der Waals surface area contributed by atoms with Gasteiger partial charge in [-0.15, -0.1) is 5.10 Å². The zero-order valence-corrected chi connectivity index (χ0v) is 15.7. The van der Waals surface area contributed by atoms with Crippen molar-refractivity contribution in [2.75, 3.05) is 44.5 Å². The highest BCUT2D eigenvalue weighted by Gasteiger charge is 2.22. The minimum atomic E-state index is -0.400. The number of benzene rings is 1. The van der Waals surface area contributed by atoms with Gasteiger partial charge >= 0.3 is 0 Å². The van der Waals surface area contributed by atoms with Gasteiger partial charge in [-0.1, -0.05) is 6.07 Å². The predicted octanol–water partition coefficient (Wildman–Crippen LogP) is 0.475. The summed E-state index contributed by atoms with van der Waals surface area (Å²) in [7, 11) is 7.00. The van der Waals surface area contributed by atoms with E-state index >= 15 is 0 Å². The monoisotopic (exact) mass is 363 g/mol. The van der Waals surface area contributed by atoms with E-state index in [1.165, 1.54) is 4.90 Å². The Morgan fingerprint density at radius 3 is 2.40 bits per heavy atom. The van der Waals surface area contributed by atoms with Crippen LogP contribution in [0.1, 0.15) is 16.2 Å². The van der Waals surface area contributed by atoms with E-state index in [9.17, 15) is 9.59 Å². The lowest BCUT2D eigenvalue weighted by Crippen LogP contribution is -2.35. The summed E-state index contributed by atoms with van der Waals surface area (Å²) in [5, 5.41) is 10.6. The number of carbonyl (C=O) groups is 2. The molecule has 0 fully saturated rings. The maximum atomic E-state index is 12.6. The summed E-state index contributed by atoms with van der Waals surface area (Å²) in [6.45, 7) is 2.18. The summed E-state index contributed by atoms with van der Waals surface area (Å²) < 4.78 is 1.02. The topological polar surface area (TPSA) is 87.5 Å². The van der Waals surface area contributed by atoms with Crippen LogP contribution in [0.4, 0.5) is 11.4 Å². The molecule has 0 atom stereocenters. The molecule has 0 aliphatic heterocycles. The molecule has 2 aromatic rings. The summed E-state index contributed by atoms with van der Waals surface area (Å²) in [5.74, 6) is -0.441. The number of hydrogen-bond donors (Lipinski definition) is 1. The number of thiol groups is 1. The molecule has 0 radical (unpaired) electrons. The smallest absolute Gasteiger partial charge is 0.298 e. The molecule has 0 unspecified atom stereocenters. The third-order valence-electron chi connectivity index (χ3n) is 3.72. The molecule has 0 spiro atoms. The van der Waals surface area contributed by atoms with Gasteiger partial charge in [0.2, 0.25) is 5.91 Å². The van der Waals surface area contributed by atoms with E-state index in [-0.39, 0.29) is 11.7 Å². The lowest BCUT2D eigenvalue weighted by Gasteiger charge is -2.24. The third-order valence-corrected chi connectivity index (χ3v) is 3.99. The Kier molecular flexibility index (Phi) is 5.75. The van der Waals surface area contributed by atoms with Crippen molar-refractivity contribution in [3.05, 3.63) is 29.6 Å². The number of anilines is 2. The van der Waals surface area contributed by atoms with Gasteiger partial charge in [0.1, 0.15) is 0 Å². The molecule has 2 rings (SSSR count). The molecule has 1 heterocycles. The van der Waals surface area contributed by atoms with Crippen molar-refractivity contribution in [1.29, 1.82) is 0 Å². The van der Waals surface area contributed by atoms with Gasteiger partial charge in [0.15, 0.2) is 0 Å². The van der Waals surface area contributed by atoms with Crippen LogP contribution in [0.5, 0.6) is 0 Å². The Labute approximate surface area is 151 Å². The highest BCUT2D eigenvalue weighted by molar-refractivity contribution is 7.78. The second-order valence-electron chi connectivity index (χ2n) is 5.92. The van der Waals surface area contributed by atoms with Gasteiger partial charge in [-0.3, -0.25) is 9.59 Å². The first-order chi connectivity index (χ1) is 11.7. The number of hydrogen-bond acceptors (Lipinski definition) is 7. The van der Waals surface area contributed by atoms with E-state index in [2.05, 4.69) is 28.3 Å². The number of amides is 2. The number of aryl methyl sites for hydroxylation is 1. The van der Waals surface area contributed by atoms with E-state index < -0.39 is 5.91 Å². The van der Waals surface area contributed by atoms with Crippen LogP contribution in [-0.4, -0.2) is 71.1 Å². The van der Waals surface area contributed by atoms with Crippen LogP contribution >= 0.6 is 12.8 Å². The molecule has 10 heteroatoms. The molecule has 25 heavy (non-hydrogen) atoms. The predicted molar refractivity (Wildman–Crippen MR) is 98.1 cm³/mol. The largest absolute Gasteiger partial charge is 0.314 e. The maximum Gasteiger partial charge on any atom is 0.298 e. The van der Waals surface area contributed by atoms with Crippen molar-refractivity contribution in [2.45, 2.75) is 6.92 Å². The van der Waals surface area contributed by atoms with Gasteiger partial charge in [-0.2, -0.15) is 4.09 Å². The fraction of sp³-hybridized carbons (Fsp3) is 0.400. The average Bonchev–Trinajstić information content (AvgIpc) is 2.98. The molecule has 0 aliphatic rings. The van der Waals surface area contributed by atoms with E-state index in [0.717, 1.165) is 9.65 Å². The summed E-state index contributed by atoms with van der Waals surface area (Å²) in [5.41, 5.74) is 2.23. The van der Waals surface area contributed by atoms with Gasteiger partial charge in [0.05, 0.1) is 6.54 Å². The second kappa shape index (κ2) is 7.62. The molecule has 1 aromatic heterocycles. The molecule has 0 N–H and O–H groups in total. The van der Waals surface area contributed by atoms with Crippen molar-refractivity contribution < 1.29 is 9.59 Å². The van der Waals surface area contributed by atoms with Crippen LogP contribution < -0.4 is 9.80 Å². The Hall–Kier alpha value is -2.46. The first kappa shape index (κ1) is 18.9. The molecular weight excluding hydrogens is 342 g/mol. The maximum absolute atomic E-state index is 12.6. The molecule has 0 bridgehead atoms. The van der Waals surface area contributed by atoms with Gasteiger partial charge in [-0.25, -0.2) is 0 Å². The summed E-state index contributed by atoms with van der Waals surface area (Å²) >= 11 is 4.01. The molecule has 0 saturated carbocycles. The lowest BCUT2D eigenvalue weighted by molar-refractivity contribution is -0.118. The number of likely N-dealkylation sites (N-methyl/N-ethyl adjacent to an activating group) is 2. The number of nitrogens with zero attached hydrogens (tertiary/aromatic N) is 7. The van der Waals surface area contributed by atoms with Crippen molar-refractivity contribution in [3.63, 3.8) is 0 Å². The van der Waals surface area contributed by atoms with Gasteiger partial charge in [-0.05, 0) is 62.0 Å². The van der Waals surface area contributed by atoms with Crippen LogP contribution in [0.15, 0.2) is 18.2 Å². The second-order valence-corrected chi connectivity index (χ2v) is 6.30. The summed E-state index contributed by atoms with van der Waals surface area (Å²) in [6.07, 6.45) is 0. The van der Waals surface area contributed by atoms with E-state index in [0.29, 0.717) is 17.9 Å². The SMILES string of the molecule is Cc1ccc(N(C)C(=O)CN(C)C)cc1N(C)C(=O)c1nnnn1S. The van der Waals surface area contributed by atoms with Crippen LogP contribution in [0.2, 0.25) is 0 Å². The van der Waals surface area contributed by atoms with Crippen LogP contribution in [0.3, 0.4) is 0 Å². The highest BCUT2D eigenvalue weighted by atomic mass is 32.1. The van der Waals surface area contributed by atoms with Crippen LogP contribution in [0.25, 0.3) is 0 Å². The van der Waals surface area contributed by atoms with E-state index in [1.807, 2.05) is 33.2 Å². The molecule has 9 nitrogen and oxygen atoms in total. The number of aromatic nitrogens is 4. The Morgan fingerprint density at radius 2 is 1.84 bits per heavy atom. The fourth-order valence-corrected chi connectivity index (χ4v) is 2.42. The van der Waals surface area contributed by atoms with Crippen molar-refractivity contribution in [3.8, 4) is 0 Å². The molecule has 2 amide bonds. The molecular formula is C15H21N7O2S. The molecule has 134 valence electrons. The standard InChI is InChI=1S/C15H21N7O2S/c1-10-6-7-11(20(4)13(23)9-19(2)3)8-12(10)21(5)15(24)14-16-17-18-22(14)25/h6-8,25H,9H2,1-5H3. The summed E-state index contributed by atoms with van der Waals surface area (Å²) in [6, 6.07) is 5.48. The van der Waals surface area contributed by atoms with Crippen molar-refractivity contribution in [1.82, 2.24) is 24.5 Å². The van der Waals surface area contributed by atoms with Crippen molar-refractivity contribution >= 4 is 36.0 Å². The minimum Gasteiger partial charge on any atom is -0.314 e. The van der Waals surface area contributed by atoms with Crippen molar-refractivity contribution in [2.24, 2.45) is 0 Å². The van der Waals surface area contributed by atoms with Gasteiger partial charge in [0, 0.05) is 25.5 Å². The Balaban J connectivity index is 2.31. The van der Waals surface area contributed by atoms with Gasteiger partial charge < -0.3 is 14.7 Å². The zero-order valence-electron chi connectivity index (χ0n) is 14.8. The van der Waals surface area contributed by atoms with Crippen LogP contribution in [0, 0.1) is 6.92 Å². The lowest BCUT2D eigenvalue weighted by atomic mass is 10.1. The molecule has 1 aromatic carbocycles. The Morgan fingerprint density at radius 1 is 1.16 bits per heavy atom. The number of tetrazole rings is 1. The normalized spacial score (nSPS) is 10.8. The third kappa shape index (κ3) is 4.15. The first-order valence-electron chi connectivity index (χ1n) is 7.50. The summed E-state index contributed by atoms with van der Waals surface area (Å²) in [4.78, 5) is 29.6. The number of carbonyl (C=O) groups excluding carboxylic acids is 2. The van der Waals surface area contributed by atoms with Crippen LogP contribution in [-0.2, 0) is 4.79 Å². The van der Waals surface area contributed by atoms with E-state index in [4.69, 9.17) is 0 Å². The minimum absolute atomic E-state index is 0.00711. The molecule has 0 saturated heterocycles. The average molecular weight is 363 g/mol. The number of rotatable bonds is 5. The van der Waals surface area contributed by atoms with E-state index in [1.54, 1.807) is 30.0 Å². The first-order valence-corrected chi connectivity index (χ1v) is 7.90. The molecule has 0 aliphatic carbocycles. The fourth-order valence-electron chi connectivity index (χ4n) is 2.26. The Bertz CT molecular complexity index is 790. The quantitative estimate of drug-likeness (QED) is 0.778. The van der Waals surface area contributed by atoms with Gasteiger partial charge in [0.25, 0.3) is 11.7 Å². The highest BCUT2D eigenvalue weighted by Crippen LogP contribution is 2.26. The zero-order chi connectivity index (χ0) is 18.7.